The fourth-order valence-corrected chi connectivity index (χ4v) is 3.26. The fourth-order valence-electron chi connectivity index (χ4n) is 2.30. The Labute approximate surface area is 119 Å². The second-order valence-corrected chi connectivity index (χ2v) is 6.28. The standard InChI is InChI=1S/C15H23N3S/c1-5-7-18-8-6-14(10-18)9-16-11(2)15-12(3)17-13(4)19-15/h6,8,10-11,16H,5,7,9H2,1-4H3. The molecule has 2 aromatic heterocycles. The number of aromatic nitrogens is 2. The first-order chi connectivity index (χ1) is 9.10. The lowest BCUT2D eigenvalue weighted by Crippen LogP contribution is -2.17. The van der Waals surface area contributed by atoms with Crippen LogP contribution in [0.5, 0.6) is 0 Å². The molecule has 2 heterocycles. The van der Waals surface area contributed by atoms with Gasteiger partial charge in [-0.15, -0.1) is 11.3 Å². The molecule has 2 aromatic rings. The van der Waals surface area contributed by atoms with Crippen LogP contribution in [0, 0.1) is 13.8 Å². The van der Waals surface area contributed by atoms with Gasteiger partial charge in [0.05, 0.1) is 10.7 Å². The minimum absolute atomic E-state index is 0.362. The zero-order valence-corrected chi connectivity index (χ0v) is 13.0. The van der Waals surface area contributed by atoms with Crippen molar-refractivity contribution in [1.29, 1.82) is 0 Å². The van der Waals surface area contributed by atoms with Crippen LogP contribution in [0.3, 0.4) is 0 Å². The van der Waals surface area contributed by atoms with Crippen molar-refractivity contribution in [3.63, 3.8) is 0 Å². The molecule has 0 aliphatic heterocycles. The van der Waals surface area contributed by atoms with E-state index in [0.29, 0.717) is 6.04 Å². The van der Waals surface area contributed by atoms with E-state index in [1.165, 1.54) is 16.9 Å². The summed E-state index contributed by atoms with van der Waals surface area (Å²) in [5, 5.41) is 4.73. The van der Waals surface area contributed by atoms with E-state index in [2.05, 4.69) is 61.0 Å². The third kappa shape index (κ3) is 3.67. The molecule has 104 valence electrons. The summed E-state index contributed by atoms with van der Waals surface area (Å²) in [6.07, 6.45) is 5.57. The van der Waals surface area contributed by atoms with Crippen LogP contribution in [0.15, 0.2) is 18.5 Å². The van der Waals surface area contributed by atoms with Gasteiger partial charge in [-0.2, -0.15) is 0 Å². The molecule has 1 atom stereocenters. The van der Waals surface area contributed by atoms with E-state index < -0.39 is 0 Å². The largest absolute Gasteiger partial charge is 0.354 e. The van der Waals surface area contributed by atoms with Crippen LogP contribution in [0.1, 0.15) is 47.5 Å². The fraction of sp³-hybridized carbons (Fsp3) is 0.533. The van der Waals surface area contributed by atoms with Gasteiger partial charge in [0, 0.05) is 36.4 Å². The van der Waals surface area contributed by atoms with E-state index >= 15 is 0 Å². The SMILES string of the molecule is CCCn1ccc(CNC(C)c2sc(C)nc2C)c1. The second kappa shape index (κ2) is 6.35. The van der Waals surface area contributed by atoms with Gasteiger partial charge in [0.15, 0.2) is 0 Å². The van der Waals surface area contributed by atoms with Crippen molar-refractivity contribution in [3.8, 4) is 0 Å². The van der Waals surface area contributed by atoms with Gasteiger partial charge in [-0.3, -0.25) is 0 Å². The molecular formula is C15H23N3S. The zero-order chi connectivity index (χ0) is 13.8. The Morgan fingerprint density at radius 3 is 2.84 bits per heavy atom. The van der Waals surface area contributed by atoms with Gasteiger partial charge in [0.25, 0.3) is 0 Å². The van der Waals surface area contributed by atoms with Gasteiger partial charge in [-0.05, 0) is 38.8 Å². The Balaban J connectivity index is 1.92. The van der Waals surface area contributed by atoms with Crippen LogP contribution in [-0.2, 0) is 13.1 Å². The Hall–Kier alpha value is -1.13. The molecule has 0 fully saturated rings. The van der Waals surface area contributed by atoms with Crippen molar-refractivity contribution in [2.45, 2.75) is 53.2 Å². The monoisotopic (exact) mass is 277 g/mol. The maximum Gasteiger partial charge on any atom is 0.0900 e. The van der Waals surface area contributed by atoms with Crippen molar-refractivity contribution in [2.75, 3.05) is 0 Å². The Morgan fingerprint density at radius 2 is 2.21 bits per heavy atom. The van der Waals surface area contributed by atoms with Crippen molar-refractivity contribution >= 4 is 11.3 Å². The Bertz CT molecular complexity index is 527. The smallest absolute Gasteiger partial charge is 0.0900 e. The average molecular weight is 277 g/mol. The lowest BCUT2D eigenvalue weighted by Gasteiger charge is -2.12. The third-order valence-electron chi connectivity index (χ3n) is 3.24. The third-order valence-corrected chi connectivity index (χ3v) is 4.49. The molecule has 0 bridgehead atoms. The molecule has 0 amide bonds. The molecule has 0 aliphatic rings. The number of nitrogens with one attached hydrogen (secondary N) is 1. The van der Waals surface area contributed by atoms with E-state index in [9.17, 15) is 0 Å². The molecule has 1 unspecified atom stereocenters. The maximum absolute atomic E-state index is 4.49. The summed E-state index contributed by atoms with van der Waals surface area (Å²) < 4.78 is 2.25. The molecule has 0 radical (unpaired) electrons. The van der Waals surface area contributed by atoms with Gasteiger partial charge in [0.2, 0.25) is 0 Å². The van der Waals surface area contributed by atoms with Crippen LogP contribution in [0.4, 0.5) is 0 Å². The number of hydrogen-bond acceptors (Lipinski definition) is 3. The van der Waals surface area contributed by atoms with Crippen LogP contribution in [-0.4, -0.2) is 9.55 Å². The summed E-state index contributed by atoms with van der Waals surface area (Å²) in [6.45, 7) is 10.6. The lowest BCUT2D eigenvalue weighted by molar-refractivity contribution is 0.578. The summed E-state index contributed by atoms with van der Waals surface area (Å²) in [5.41, 5.74) is 2.50. The van der Waals surface area contributed by atoms with E-state index in [4.69, 9.17) is 0 Å². The first-order valence-electron chi connectivity index (χ1n) is 6.92. The highest BCUT2D eigenvalue weighted by molar-refractivity contribution is 7.11. The lowest BCUT2D eigenvalue weighted by atomic mass is 10.2. The van der Waals surface area contributed by atoms with Crippen molar-refractivity contribution in [2.24, 2.45) is 0 Å². The molecule has 0 aromatic carbocycles. The zero-order valence-electron chi connectivity index (χ0n) is 12.2. The highest BCUT2D eigenvalue weighted by atomic mass is 32.1. The quantitative estimate of drug-likeness (QED) is 0.870. The topological polar surface area (TPSA) is 29.9 Å². The first-order valence-corrected chi connectivity index (χ1v) is 7.73. The molecular weight excluding hydrogens is 254 g/mol. The van der Waals surface area contributed by atoms with Crippen molar-refractivity contribution < 1.29 is 0 Å². The predicted octanol–water partition coefficient (Wildman–Crippen LogP) is 3.82. The molecule has 2 rings (SSSR count). The number of rotatable bonds is 6. The van der Waals surface area contributed by atoms with E-state index in [1.807, 2.05) is 0 Å². The normalized spacial score (nSPS) is 12.8. The molecule has 19 heavy (non-hydrogen) atoms. The summed E-state index contributed by atoms with van der Waals surface area (Å²) >= 11 is 1.79. The highest BCUT2D eigenvalue weighted by Gasteiger charge is 2.12. The van der Waals surface area contributed by atoms with Crippen molar-refractivity contribution in [1.82, 2.24) is 14.9 Å². The molecule has 3 nitrogen and oxygen atoms in total. The minimum atomic E-state index is 0.362. The van der Waals surface area contributed by atoms with Crippen LogP contribution in [0.2, 0.25) is 0 Å². The van der Waals surface area contributed by atoms with Gasteiger partial charge in [-0.1, -0.05) is 6.92 Å². The summed E-state index contributed by atoms with van der Waals surface area (Å²) in [6, 6.07) is 2.56. The van der Waals surface area contributed by atoms with Crippen molar-refractivity contribution in [3.05, 3.63) is 39.6 Å². The number of hydrogen-bond donors (Lipinski definition) is 1. The van der Waals surface area contributed by atoms with Gasteiger partial charge in [-0.25, -0.2) is 4.98 Å². The van der Waals surface area contributed by atoms with Crippen LogP contribution < -0.4 is 5.32 Å². The van der Waals surface area contributed by atoms with E-state index in [0.717, 1.165) is 23.8 Å². The summed E-state index contributed by atoms with van der Waals surface area (Å²) in [7, 11) is 0. The molecule has 4 heteroatoms. The van der Waals surface area contributed by atoms with E-state index in [-0.39, 0.29) is 0 Å². The Kier molecular flexibility index (Phi) is 4.77. The number of nitrogens with zero attached hydrogens (tertiary/aromatic N) is 2. The predicted molar refractivity (Wildman–Crippen MR) is 81.6 cm³/mol. The Morgan fingerprint density at radius 1 is 1.42 bits per heavy atom. The van der Waals surface area contributed by atoms with Crippen LogP contribution in [0.25, 0.3) is 0 Å². The first kappa shape index (κ1) is 14.3. The summed E-state index contributed by atoms with van der Waals surface area (Å²) in [4.78, 5) is 5.84. The van der Waals surface area contributed by atoms with Crippen LogP contribution >= 0.6 is 11.3 Å². The maximum atomic E-state index is 4.49. The summed E-state index contributed by atoms with van der Waals surface area (Å²) in [5.74, 6) is 0. The molecule has 0 aliphatic carbocycles. The molecule has 1 N–H and O–H groups in total. The minimum Gasteiger partial charge on any atom is -0.354 e. The van der Waals surface area contributed by atoms with Gasteiger partial charge in [0.1, 0.15) is 0 Å². The second-order valence-electron chi connectivity index (χ2n) is 5.04. The van der Waals surface area contributed by atoms with Gasteiger partial charge < -0.3 is 9.88 Å². The highest BCUT2D eigenvalue weighted by Crippen LogP contribution is 2.24. The van der Waals surface area contributed by atoms with Gasteiger partial charge >= 0.3 is 0 Å². The molecule has 0 saturated heterocycles. The van der Waals surface area contributed by atoms with E-state index in [1.54, 1.807) is 11.3 Å². The molecule has 0 saturated carbocycles. The number of aryl methyl sites for hydroxylation is 3. The average Bonchev–Trinajstić information content (AvgIpc) is 2.93. The number of thiazole rings is 1. The molecule has 0 spiro atoms.